The molecule has 3 rings (SSSR count). The Labute approximate surface area is 149 Å². The second kappa shape index (κ2) is 6.57. The Bertz CT molecular complexity index is 911. The molecule has 0 bridgehead atoms. The van der Waals surface area contributed by atoms with E-state index in [-0.39, 0.29) is 5.97 Å². The molecule has 1 aromatic carbocycles. The molecule has 0 amide bonds. The van der Waals surface area contributed by atoms with Crippen LogP contribution in [0.3, 0.4) is 0 Å². The topological polar surface area (TPSA) is 55.0 Å². The minimum atomic E-state index is -0.318. The second-order valence-corrected chi connectivity index (χ2v) is 7.30. The molecular formula is C18H19ClN2O2S. The third kappa shape index (κ3) is 2.94. The Kier molecular flexibility index (Phi) is 4.65. The molecule has 0 atom stereocenters. The molecule has 0 saturated carbocycles. The van der Waals surface area contributed by atoms with Crippen LogP contribution in [0.25, 0.3) is 21.5 Å². The van der Waals surface area contributed by atoms with Gasteiger partial charge < -0.3 is 9.72 Å². The fraction of sp³-hybridized carbons (Fsp3) is 0.333. The van der Waals surface area contributed by atoms with Crippen molar-refractivity contribution in [2.75, 3.05) is 6.61 Å². The van der Waals surface area contributed by atoms with Gasteiger partial charge in [0.25, 0.3) is 0 Å². The summed E-state index contributed by atoms with van der Waals surface area (Å²) in [7, 11) is 0. The first-order valence-corrected chi connectivity index (χ1v) is 9.07. The van der Waals surface area contributed by atoms with Gasteiger partial charge in [-0.25, -0.2) is 9.78 Å². The van der Waals surface area contributed by atoms with E-state index >= 15 is 0 Å². The highest BCUT2D eigenvalue weighted by Gasteiger charge is 2.18. The highest BCUT2D eigenvalue weighted by atomic mass is 35.5. The number of rotatable bonds is 4. The summed E-state index contributed by atoms with van der Waals surface area (Å²) in [5, 5.41) is 2.52. The van der Waals surface area contributed by atoms with Gasteiger partial charge in [-0.1, -0.05) is 25.4 Å². The van der Waals surface area contributed by atoms with E-state index in [2.05, 4.69) is 23.8 Å². The van der Waals surface area contributed by atoms with Crippen molar-refractivity contribution in [1.29, 1.82) is 0 Å². The highest BCUT2D eigenvalue weighted by molar-refractivity contribution is 7.17. The van der Waals surface area contributed by atoms with E-state index in [0.717, 1.165) is 32.2 Å². The Hall–Kier alpha value is -1.85. The lowest BCUT2D eigenvalue weighted by Gasteiger charge is -2.00. The number of carbonyl (C=O) groups excluding carboxylic acids is 1. The molecule has 0 radical (unpaired) electrons. The first-order valence-electron chi connectivity index (χ1n) is 7.88. The van der Waals surface area contributed by atoms with E-state index in [1.54, 1.807) is 6.92 Å². The van der Waals surface area contributed by atoms with Gasteiger partial charge in [-0.3, -0.25) is 0 Å². The summed E-state index contributed by atoms with van der Waals surface area (Å²) in [6.07, 6.45) is 0. The van der Waals surface area contributed by atoms with Crippen molar-refractivity contribution >= 4 is 39.8 Å². The molecule has 1 N–H and O–H groups in total. The average molecular weight is 363 g/mol. The zero-order chi connectivity index (χ0) is 17.4. The van der Waals surface area contributed by atoms with Crippen LogP contribution in [0, 0.1) is 6.92 Å². The number of hydrogen-bond acceptors (Lipinski definition) is 4. The average Bonchev–Trinajstić information content (AvgIpc) is 3.08. The molecule has 2 heterocycles. The summed E-state index contributed by atoms with van der Waals surface area (Å²) in [6.45, 7) is 8.18. The van der Waals surface area contributed by atoms with Crippen molar-refractivity contribution in [3.63, 3.8) is 0 Å². The molecule has 0 unspecified atom stereocenters. The Morgan fingerprint density at radius 1 is 1.42 bits per heavy atom. The molecule has 126 valence electrons. The van der Waals surface area contributed by atoms with Crippen molar-refractivity contribution < 1.29 is 9.53 Å². The van der Waals surface area contributed by atoms with Crippen LogP contribution in [0.1, 0.15) is 47.7 Å². The lowest BCUT2D eigenvalue weighted by atomic mass is 10.1. The number of fused-ring (bicyclic) bond motifs is 1. The summed E-state index contributed by atoms with van der Waals surface area (Å²) >= 11 is 7.87. The number of ether oxygens (including phenoxy) is 1. The van der Waals surface area contributed by atoms with Gasteiger partial charge >= 0.3 is 5.97 Å². The van der Waals surface area contributed by atoms with E-state index in [9.17, 15) is 4.79 Å². The molecule has 24 heavy (non-hydrogen) atoms. The minimum absolute atomic E-state index is 0.318. The van der Waals surface area contributed by atoms with Crippen LogP contribution in [-0.4, -0.2) is 22.5 Å². The molecule has 0 aliphatic rings. The lowest BCUT2D eigenvalue weighted by molar-refractivity contribution is 0.0531. The summed E-state index contributed by atoms with van der Waals surface area (Å²) in [6, 6.07) is 6.02. The molecule has 0 aliphatic carbocycles. The SMILES string of the molecule is CCOC(=O)c1sc(-c2ccc3[nH]c(C(C)C)c(Cl)c3c2)nc1C. The van der Waals surface area contributed by atoms with Crippen LogP contribution >= 0.6 is 22.9 Å². The van der Waals surface area contributed by atoms with Gasteiger partial charge in [-0.2, -0.15) is 0 Å². The molecule has 0 fully saturated rings. The van der Waals surface area contributed by atoms with Crippen molar-refractivity contribution in [2.24, 2.45) is 0 Å². The summed E-state index contributed by atoms with van der Waals surface area (Å²) in [4.78, 5) is 20.4. The fourth-order valence-corrected chi connectivity index (χ4v) is 3.99. The van der Waals surface area contributed by atoms with Crippen molar-refractivity contribution in [3.05, 3.63) is 39.5 Å². The molecule has 0 saturated heterocycles. The number of carbonyl (C=O) groups is 1. The molecular weight excluding hydrogens is 344 g/mol. The maximum Gasteiger partial charge on any atom is 0.350 e. The second-order valence-electron chi connectivity index (χ2n) is 5.92. The number of H-pyrrole nitrogens is 1. The first-order chi connectivity index (χ1) is 11.4. The number of aromatic amines is 1. The van der Waals surface area contributed by atoms with Crippen LogP contribution in [0.2, 0.25) is 5.02 Å². The van der Waals surface area contributed by atoms with Gasteiger partial charge in [0.2, 0.25) is 0 Å². The summed E-state index contributed by atoms with van der Waals surface area (Å²) in [5.74, 6) is 0.00692. The van der Waals surface area contributed by atoms with Crippen LogP contribution < -0.4 is 0 Å². The van der Waals surface area contributed by atoms with E-state index < -0.39 is 0 Å². The number of aryl methyl sites for hydroxylation is 1. The number of nitrogens with one attached hydrogen (secondary N) is 1. The minimum Gasteiger partial charge on any atom is -0.462 e. The van der Waals surface area contributed by atoms with Crippen LogP contribution in [-0.2, 0) is 4.74 Å². The van der Waals surface area contributed by atoms with Gasteiger partial charge in [0, 0.05) is 22.2 Å². The Morgan fingerprint density at radius 3 is 2.83 bits per heavy atom. The van der Waals surface area contributed by atoms with Gasteiger partial charge in [0.15, 0.2) is 0 Å². The van der Waals surface area contributed by atoms with E-state index in [0.29, 0.717) is 23.1 Å². The quantitative estimate of drug-likeness (QED) is 0.619. The number of hydrogen-bond donors (Lipinski definition) is 1. The van der Waals surface area contributed by atoms with Gasteiger partial charge in [-0.15, -0.1) is 11.3 Å². The lowest BCUT2D eigenvalue weighted by Crippen LogP contribution is -2.03. The zero-order valence-corrected chi connectivity index (χ0v) is 15.6. The molecule has 3 aromatic rings. The third-order valence-corrected chi connectivity index (χ3v) is 5.44. The zero-order valence-electron chi connectivity index (χ0n) is 14.1. The van der Waals surface area contributed by atoms with Crippen LogP contribution in [0.5, 0.6) is 0 Å². The molecule has 2 aromatic heterocycles. The predicted octanol–water partition coefficient (Wildman–Crippen LogP) is 5.55. The summed E-state index contributed by atoms with van der Waals surface area (Å²) < 4.78 is 5.08. The monoisotopic (exact) mass is 362 g/mol. The van der Waals surface area contributed by atoms with E-state index in [1.165, 1.54) is 11.3 Å². The smallest absolute Gasteiger partial charge is 0.350 e. The normalized spacial score (nSPS) is 11.4. The number of esters is 1. The number of nitrogens with zero attached hydrogens (tertiary/aromatic N) is 1. The van der Waals surface area contributed by atoms with Gasteiger partial charge in [-0.05, 0) is 38.0 Å². The first kappa shape index (κ1) is 17.0. The van der Waals surface area contributed by atoms with Gasteiger partial charge in [0.05, 0.1) is 17.3 Å². The number of benzene rings is 1. The van der Waals surface area contributed by atoms with E-state index in [1.807, 2.05) is 25.1 Å². The van der Waals surface area contributed by atoms with Crippen LogP contribution in [0.4, 0.5) is 0 Å². The molecule has 4 nitrogen and oxygen atoms in total. The van der Waals surface area contributed by atoms with E-state index in [4.69, 9.17) is 16.3 Å². The molecule has 0 spiro atoms. The molecule has 6 heteroatoms. The largest absolute Gasteiger partial charge is 0.462 e. The number of aromatic nitrogens is 2. The highest BCUT2D eigenvalue weighted by Crippen LogP contribution is 2.36. The molecule has 0 aliphatic heterocycles. The van der Waals surface area contributed by atoms with Crippen LogP contribution in [0.15, 0.2) is 18.2 Å². The van der Waals surface area contributed by atoms with Crippen molar-refractivity contribution in [2.45, 2.75) is 33.6 Å². The maximum atomic E-state index is 12.0. The fourth-order valence-electron chi connectivity index (χ4n) is 2.62. The Morgan fingerprint density at radius 2 is 2.17 bits per heavy atom. The third-order valence-electron chi connectivity index (χ3n) is 3.84. The standard InChI is InChI=1S/C18H19ClN2O2S/c1-5-23-18(22)16-10(4)20-17(24-16)11-6-7-13-12(8-11)14(19)15(21-13)9(2)3/h6-9,21H,5H2,1-4H3. The maximum absolute atomic E-state index is 12.0. The predicted molar refractivity (Wildman–Crippen MR) is 99.2 cm³/mol. The Balaban J connectivity index is 2.05. The number of thiazole rings is 1. The van der Waals surface area contributed by atoms with Crippen molar-refractivity contribution in [3.8, 4) is 10.6 Å². The van der Waals surface area contributed by atoms with Gasteiger partial charge in [0.1, 0.15) is 9.88 Å². The summed E-state index contributed by atoms with van der Waals surface area (Å²) in [5.41, 5.74) is 3.68. The van der Waals surface area contributed by atoms with Crippen molar-refractivity contribution in [1.82, 2.24) is 9.97 Å². The number of halogens is 1.